The largest absolute Gasteiger partial charge is 0.360 e. The Morgan fingerprint density at radius 3 is 2.80 bits per heavy atom. The number of aromatic nitrogens is 2. The Balaban J connectivity index is 1.33. The van der Waals surface area contributed by atoms with Crippen molar-refractivity contribution in [2.45, 2.75) is 74.9 Å². The molecule has 4 rings (SSSR count). The lowest BCUT2D eigenvalue weighted by molar-refractivity contribution is 0.0917. The monoisotopic (exact) mass is 430 g/mol. The van der Waals surface area contributed by atoms with Gasteiger partial charge in [-0.05, 0) is 57.7 Å². The molecule has 0 radical (unpaired) electrons. The van der Waals surface area contributed by atoms with Crippen LogP contribution in [0, 0.1) is 6.92 Å². The summed E-state index contributed by atoms with van der Waals surface area (Å²) >= 11 is 0. The molecule has 2 fully saturated rings. The number of amides is 1. The lowest BCUT2D eigenvalue weighted by Gasteiger charge is -2.29. The van der Waals surface area contributed by atoms with Gasteiger partial charge in [0.2, 0.25) is 0 Å². The average molecular weight is 431 g/mol. The molecule has 0 aromatic carbocycles. The normalized spacial score (nSPS) is 23.2. The minimum absolute atomic E-state index is 0.0828. The van der Waals surface area contributed by atoms with E-state index in [2.05, 4.69) is 20.4 Å². The smallest absolute Gasteiger partial charge is 0.273 e. The van der Waals surface area contributed by atoms with Crippen LogP contribution in [-0.4, -0.2) is 50.2 Å². The predicted octanol–water partition coefficient (Wildman–Crippen LogP) is 3.38. The van der Waals surface area contributed by atoms with Gasteiger partial charge in [-0.3, -0.25) is 13.9 Å². The molecule has 1 N–H and O–H groups in total. The van der Waals surface area contributed by atoms with E-state index in [4.69, 9.17) is 4.52 Å². The summed E-state index contributed by atoms with van der Waals surface area (Å²) in [5.74, 6) is 1.55. The molecule has 2 aromatic heterocycles. The van der Waals surface area contributed by atoms with E-state index >= 15 is 0 Å². The third-order valence-electron chi connectivity index (χ3n) is 6.03. The summed E-state index contributed by atoms with van der Waals surface area (Å²) in [6.45, 7) is 1.97. The number of nitrogens with zero attached hydrogens (tertiary/aromatic N) is 3. The zero-order valence-electron chi connectivity index (χ0n) is 17.7. The van der Waals surface area contributed by atoms with Gasteiger partial charge in [0.1, 0.15) is 10.8 Å². The van der Waals surface area contributed by atoms with Gasteiger partial charge >= 0.3 is 0 Å². The first-order chi connectivity index (χ1) is 14.5. The molecule has 2 aromatic rings. The van der Waals surface area contributed by atoms with Crippen LogP contribution in [0.5, 0.6) is 0 Å². The molecule has 0 saturated heterocycles. The molecule has 1 amide bonds. The molecule has 2 unspecified atom stereocenters. The van der Waals surface area contributed by atoms with Crippen molar-refractivity contribution >= 4 is 16.7 Å². The van der Waals surface area contributed by atoms with E-state index in [1.807, 2.05) is 26.1 Å². The van der Waals surface area contributed by atoms with Gasteiger partial charge in [0.25, 0.3) is 5.91 Å². The number of rotatable bonds is 7. The van der Waals surface area contributed by atoms with Crippen LogP contribution in [0.25, 0.3) is 0 Å². The molecule has 2 aliphatic rings. The third kappa shape index (κ3) is 5.35. The number of carbonyl (C=O) groups is 1. The van der Waals surface area contributed by atoms with Crippen LogP contribution < -0.4 is 5.32 Å². The van der Waals surface area contributed by atoms with E-state index in [-0.39, 0.29) is 18.0 Å². The highest BCUT2D eigenvalue weighted by Crippen LogP contribution is 2.40. The van der Waals surface area contributed by atoms with Crippen molar-refractivity contribution in [1.29, 1.82) is 0 Å². The summed E-state index contributed by atoms with van der Waals surface area (Å²) in [5, 5.41) is 7.72. The lowest BCUT2D eigenvalue weighted by atomic mass is 10.0. The molecule has 3 atom stereocenters. The van der Waals surface area contributed by atoms with Gasteiger partial charge in [-0.25, -0.2) is 4.98 Å². The van der Waals surface area contributed by atoms with Crippen molar-refractivity contribution in [3.63, 3.8) is 0 Å². The molecule has 0 spiro atoms. The van der Waals surface area contributed by atoms with Gasteiger partial charge in [-0.2, -0.15) is 0 Å². The number of carbonyl (C=O) groups excluding carboxylic acids is 1. The van der Waals surface area contributed by atoms with E-state index in [1.165, 1.54) is 0 Å². The highest BCUT2D eigenvalue weighted by atomic mass is 32.2. The zero-order chi connectivity index (χ0) is 21.1. The molecule has 162 valence electrons. The second-order valence-corrected chi connectivity index (χ2v) is 10.0. The Labute approximate surface area is 180 Å². The Morgan fingerprint density at radius 1 is 1.27 bits per heavy atom. The van der Waals surface area contributed by atoms with Crippen molar-refractivity contribution < 1.29 is 13.5 Å². The van der Waals surface area contributed by atoms with Crippen molar-refractivity contribution in [2.24, 2.45) is 0 Å². The van der Waals surface area contributed by atoms with Gasteiger partial charge in [-0.1, -0.05) is 24.1 Å². The molecule has 0 bridgehead atoms. The second-order valence-electron chi connectivity index (χ2n) is 8.64. The fourth-order valence-corrected chi connectivity index (χ4v) is 5.13. The predicted molar refractivity (Wildman–Crippen MR) is 115 cm³/mol. The zero-order valence-corrected chi connectivity index (χ0v) is 18.5. The summed E-state index contributed by atoms with van der Waals surface area (Å²) in [7, 11) is 0.843. The van der Waals surface area contributed by atoms with Crippen molar-refractivity contribution in [2.75, 3.05) is 12.9 Å². The number of nitrogens with one attached hydrogen (secondary N) is 1. The van der Waals surface area contributed by atoms with Crippen molar-refractivity contribution in [3.8, 4) is 0 Å². The van der Waals surface area contributed by atoms with E-state index in [1.54, 1.807) is 12.3 Å². The number of hydrogen-bond donors (Lipinski definition) is 1. The molecule has 2 aliphatic carbocycles. The molecular formula is C22H30N4O3S. The van der Waals surface area contributed by atoms with E-state index in [0.29, 0.717) is 22.5 Å². The van der Waals surface area contributed by atoms with Crippen molar-refractivity contribution in [3.05, 3.63) is 41.4 Å². The Kier molecular flexibility index (Phi) is 6.63. The minimum Gasteiger partial charge on any atom is -0.360 e. The second kappa shape index (κ2) is 9.39. The highest BCUT2D eigenvalue weighted by Gasteiger charge is 2.30. The molecular weight excluding hydrogens is 400 g/mol. The van der Waals surface area contributed by atoms with Gasteiger partial charge in [-0.15, -0.1) is 0 Å². The summed E-state index contributed by atoms with van der Waals surface area (Å²) < 4.78 is 18.0. The Morgan fingerprint density at radius 2 is 2.07 bits per heavy atom. The maximum absolute atomic E-state index is 12.7. The fraction of sp³-hybridized carbons (Fsp3) is 0.591. The molecule has 2 heterocycles. The van der Waals surface area contributed by atoms with E-state index in [0.717, 1.165) is 56.3 Å². The van der Waals surface area contributed by atoms with Gasteiger partial charge < -0.3 is 9.84 Å². The fourth-order valence-electron chi connectivity index (χ4n) is 4.03. The minimum atomic E-state index is -1.17. The summed E-state index contributed by atoms with van der Waals surface area (Å²) in [6.07, 6.45) is 9.00. The maximum atomic E-state index is 12.7. The summed E-state index contributed by atoms with van der Waals surface area (Å²) in [5.41, 5.74) is 1.43. The molecule has 30 heavy (non-hydrogen) atoms. The maximum Gasteiger partial charge on any atom is 0.273 e. The number of aryl methyl sites for hydroxylation is 1. The van der Waals surface area contributed by atoms with Crippen molar-refractivity contribution in [1.82, 2.24) is 20.4 Å². The SMILES string of the molecule is Cc1ccc(S(=O)CN(C)C2CCCC[C@@H](NC(=O)c3cc(C4CC4)on3)C2)nc1. The van der Waals surface area contributed by atoms with Gasteiger partial charge in [0.15, 0.2) is 5.69 Å². The van der Waals surface area contributed by atoms with Crippen LogP contribution in [-0.2, 0) is 10.8 Å². The topological polar surface area (TPSA) is 88.3 Å². The van der Waals surface area contributed by atoms with E-state index in [9.17, 15) is 9.00 Å². The Hall–Kier alpha value is -2.06. The van der Waals surface area contributed by atoms with Crippen LogP contribution in [0.4, 0.5) is 0 Å². The number of hydrogen-bond acceptors (Lipinski definition) is 6. The Bertz CT molecular complexity index is 894. The summed E-state index contributed by atoms with van der Waals surface area (Å²) in [4.78, 5) is 19.1. The first-order valence-corrected chi connectivity index (χ1v) is 12.1. The van der Waals surface area contributed by atoms with Crippen LogP contribution in [0.3, 0.4) is 0 Å². The van der Waals surface area contributed by atoms with Gasteiger partial charge in [0, 0.05) is 30.3 Å². The molecule has 7 nitrogen and oxygen atoms in total. The van der Waals surface area contributed by atoms with Crippen LogP contribution >= 0.6 is 0 Å². The van der Waals surface area contributed by atoms with Gasteiger partial charge in [0.05, 0.1) is 16.7 Å². The lowest BCUT2D eigenvalue weighted by Crippen LogP contribution is -2.41. The molecule has 2 saturated carbocycles. The highest BCUT2D eigenvalue weighted by molar-refractivity contribution is 7.84. The first kappa shape index (κ1) is 21.2. The summed E-state index contributed by atoms with van der Waals surface area (Å²) in [6, 6.07) is 5.91. The average Bonchev–Trinajstić information content (AvgIpc) is 3.50. The van der Waals surface area contributed by atoms with Crippen LogP contribution in [0.2, 0.25) is 0 Å². The standard InChI is InChI=1S/C22H30N4O3S/c1-15-7-10-21(23-13-15)30(28)14-26(2)18-6-4-3-5-17(11-18)24-22(27)19-12-20(29-25-19)16-8-9-16/h7,10,12-13,16-18H,3-6,8-9,11,14H2,1-2H3,(H,24,27)/t17-,18?,30?/m1/s1. The molecule has 8 heteroatoms. The van der Waals surface area contributed by atoms with Crippen LogP contribution in [0.1, 0.15) is 72.7 Å². The van der Waals surface area contributed by atoms with Crippen LogP contribution in [0.15, 0.2) is 33.9 Å². The first-order valence-electron chi connectivity index (χ1n) is 10.8. The quantitative estimate of drug-likeness (QED) is 0.678. The van der Waals surface area contributed by atoms with E-state index < -0.39 is 10.8 Å². The molecule has 0 aliphatic heterocycles. The third-order valence-corrected chi connectivity index (χ3v) is 7.38. The number of pyridine rings is 1.